The number of carbonyl (C=O) groups is 2. The van der Waals surface area contributed by atoms with Crippen molar-refractivity contribution in [2.75, 3.05) is 5.32 Å². The molecule has 10 heteroatoms. The fourth-order valence-electron chi connectivity index (χ4n) is 3.91. The molecule has 0 unspecified atom stereocenters. The molecule has 4 aromatic rings. The third kappa shape index (κ3) is 5.37. The molecule has 1 atom stereocenters. The molecule has 0 aliphatic heterocycles. The number of pyridine rings is 1. The molecular weight excluding hydrogens is 471 g/mol. The molecule has 2 N–H and O–H groups in total. The van der Waals surface area contributed by atoms with Crippen molar-refractivity contribution >= 4 is 28.5 Å². The predicted molar refractivity (Wildman–Crippen MR) is 129 cm³/mol. The Hall–Kier alpha value is -4.21. The number of hydrogen-bond donors (Lipinski definition) is 2. The summed E-state index contributed by atoms with van der Waals surface area (Å²) < 4.78 is 43.4. The van der Waals surface area contributed by atoms with E-state index in [2.05, 4.69) is 20.6 Å². The topological polar surface area (TPSA) is 88.9 Å². The second kappa shape index (κ2) is 10.2. The number of aryl methyl sites for hydroxylation is 1. The van der Waals surface area contributed by atoms with Gasteiger partial charge in [-0.1, -0.05) is 43.3 Å². The van der Waals surface area contributed by atoms with Crippen LogP contribution in [0.1, 0.15) is 46.8 Å². The zero-order chi connectivity index (χ0) is 25.9. The number of hydrogen-bond acceptors (Lipinski definition) is 4. The summed E-state index contributed by atoms with van der Waals surface area (Å²) >= 11 is 0. The smallest absolute Gasteiger partial charge is 0.335 e. The molecule has 36 heavy (non-hydrogen) atoms. The highest BCUT2D eigenvalue weighted by molar-refractivity contribution is 6.08. The minimum atomic E-state index is -4.78. The molecule has 186 valence electrons. The van der Waals surface area contributed by atoms with Crippen molar-refractivity contribution in [3.63, 3.8) is 0 Å². The largest absolute Gasteiger partial charge is 0.414 e. The number of nitrogens with one attached hydrogen (secondary N) is 2. The molecule has 2 aromatic carbocycles. The van der Waals surface area contributed by atoms with Crippen LogP contribution in [0.5, 0.6) is 0 Å². The molecule has 0 aliphatic carbocycles. The zero-order valence-electron chi connectivity index (χ0n) is 19.6. The number of rotatable bonds is 7. The van der Waals surface area contributed by atoms with Gasteiger partial charge in [0.25, 0.3) is 5.91 Å². The summed E-state index contributed by atoms with van der Waals surface area (Å²) in [5.41, 5.74) is 1.61. The average Bonchev–Trinajstić information content (AvgIpc) is 3.17. The Bertz CT molecular complexity index is 1390. The molecule has 0 saturated carbocycles. The molecule has 0 spiro atoms. The molecule has 2 aromatic heterocycles. The Kier molecular flexibility index (Phi) is 7.05. The van der Waals surface area contributed by atoms with E-state index in [1.165, 1.54) is 30.5 Å². The number of nitrogens with zero attached hydrogens (tertiary/aromatic N) is 3. The van der Waals surface area contributed by atoms with Crippen LogP contribution in [0, 0.1) is 0 Å². The van der Waals surface area contributed by atoms with E-state index in [0.717, 1.165) is 5.56 Å². The standard InChI is InChI=1S/C26H24F3N5O2/c1-3-22(35)31-17-14-18(25(36)33-24(26(27,28)29)19-11-7-8-12-30-19)23-20(15-17)32-21(34(23)2)13-16-9-5-4-6-10-16/h4-12,14-15,24H,3,13H2,1-2H3,(H,31,35)(H,33,36)/t24-/m0/s1. The van der Waals surface area contributed by atoms with Gasteiger partial charge in [0.2, 0.25) is 5.91 Å². The SMILES string of the molecule is CCC(=O)Nc1cc(C(=O)N[C@@H](c2ccccn2)C(F)(F)F)c2c(c1)nc(Cc1ccccc1)n2C. The predicted octanol–water partition coefficient (Wildman–Crippen LogP) is 4.94. The summed E-state index contributed by atoms with van der Waals surface area (Å²) in [6.45, 7) is 1.67. The number of aromatic nitrogens is 3. The van der Waals surface area contributed by atoms with Gasteiger partial charge in [-0.3, -0.25) is 14.6 Å². The van der Waals surface area contributed by atoms with Crippen molar-refractivity contribution in [1.29, 1.82) is 0 Å². The van der Waals surface area contributed by atoms with Crippen LogP contribution in [0.3, 0.4) is 0 Å². The minimum absolute atomic E-state index is 0.0432. The van der Waals surface area contributed by atoms with E-state index in [0.29, 0.717) is 23.3 Å². The number of alkyl halides is 3. The van der Waals surface area contributed by atoms with Gasteiger partial charge in [-0.2, -0.15) is 13.2 Å². The van der Waals surface area contributed by atoms with Crippen LogP contribution in [0.15, 0.2) is 66.9 Å². The first-order chi connectivity index (χ1) is 17.2. The van der Waals surface area contributed by atoms with E-state index in [1.807, 2.05) is 30.3 Å². The maximum atomic E-state index is 13.9. The first-order valence-corrected chi connectivity index (χ1v) is 11.3. The van der Waals surface area contributed by atoms with Crippen molar-refractivity contribution in [3.8, 4) is 0 Å². The number of benzene rings is 2. The summed E-state index contributed by atoms with van der Waals surface area (Å²) in [5, 5.41) is 4.75. The van der Waals surface area contributed by atoms with Gasteiger partial charge >= 0.3 is 6.18 Å². The van der Waals surface area contributed by atoms with Gasteiger partial charge in [-0.15, -0.1) is 0 Å². The summed E-state index contributed by atoms with van der Waals surface area (Å²) in [4.78, 5) is 33.7. The number of carbonyl (C=O) groups excluding carboxylic acids is 2. The first-order valence-electron chi connectivity index (χ1n) is 11.3. The molecule has 4 rings (SSSR count). The van der Waals surface area contributed by atoms with Gasteiger partial charge in [0.1, 0.15) is 5.82 Å². The second-order valence-electron chi connectivity index (χ2n) is 8.25. The lowest BCUT2D eigenvalue weighted by atomic mass is 10.1. The fraction of sp³-hybridized carbons (Fsp3) is 0.231. The van der Waals surface area contributed by atoms with Crippen molar-refractivity contribution in [1.82, 2.24) is 19.9 Å². The quantitative estimate of drug-likeness (QED) is 0.380. The monoisotopic (exact) mass is 495 g/mol. The maximum absolute atomic E-state index is 13.9. The molecule has 7 nitrogen and oxygen atoms in total. The molecular formula is C26H24F3N5O2. The average molecular weight is 496 g/mol. The summed E-state index contributed by atoms with van der Waals surface area (Å²) in [6.07, 6.45) is -2.90. The third-order valence-electron chi connectivity index (χ3n) is 5.70. The molecule has 0 aliphatic rings. The van der Waals surface area contributed by atoms with Crippen LogP contribution in [-0.4, -0.2) is 32.5 Å². The maximum Gasteiger partial charge on any atom is 0.414 e. The van der Waals surface area contributed by atoms with Gasteiger partial charge in [0.05, 0.1) is 22.3 Å². The van der Waals surface area contributed by atoms with Crippen molar-refractivity contribution < 1.29 is 22.8 Å². The van der Waals surface area contributed by atoms with Gasteiger partial charge in [0.15, 0.2) is 6.04 Å². The minimum Gasteiger partial charge on any atom is -0.335 e. The molecule has 0 saturated heterocycles. The van der Waals surface area contributed by atoms with E-state index in [9.17, 15) is 22.8 Å². The van der Waals surface area contributed by atoms with Crippen LogP contribution in [-0.2, 0) is 18.3 Å². The van der Waals surface area contributed by atoms with E-state index in [1.54, 1.807) is 24.6 Å². The third-order valence-corrected chi connectivity index (χ3v) is 5.70. The van der Waals surface area contributed by atoms with Gasteiger partial charge in [-0.25, -0.2) is 4.98 Å². The lowest BCUT2D eigenvalue weighted by molar-refractivity contribution is -0.156. The number of halogens is 3. The van der Waals surface area contributed by atoms with Crippen LogP contribution in [0.4, 0.5) is 18.9 Å². The second-order valence-corrected chi connectivity index (χ2v) is 8.25. The molecule has 0 fully saturated rings. The molecule has 2 heterocycles. The highest BCUT2D eigenvalue weighted by Crippen LogP contribution is 2.33. The summed E-state index contributed by atoms with van der Waals surface area (Å²) in [6, 6.07) is 14.3. The number of anilines is 1. The molecule has 0 radical (unpaired) electrons. The van der Waals surface area contributed by atoms with E-state index in [-0.39, 0.29) is 29.3 Å². The number of imidazole rings is 1. The van der Waals surface area contributed by atoms with Gasteiger partial charge < -0.3 is 15.2 Å². The number of fused-ring (bicyclic) bond motifs is 1. The van der Waals surface area contributed by atoms with E-state index < -0.39 is 18.1 Å². The Morgan fingerprint density at radius 1 is 1.06 bits per heavy atom. The lowest BCUT2D eigenvalue weighted by Crippen LogP contribution is -2.38. The lowest BCUT2D eigenvalue weighted by Gasteiger charge is -2.21. The fourth-order valence-corrected chi connectivity index (χ4v) is 3.91. The van der Waals surface area contributed by atoms with Crippen molar-refractivity contribution in [2.24, 2.45) is 7.05 Å². The Morgan fingerprint density at radius 2 is 1.78 bits per heavy atom. The van der Waals surface area contributed by atoms with E-state index >= 15 is 0 Å². The van der Waals surface area contributed by atoms with Crippen LogP contribution >= 0.6 is 0 Å². The highest BCUT2D eigenvalue weighted by atomic mass is 19.4. The number of amides is 2. The molecule has 0 bridgehead atoms. The van der Waals surface area contributed by atoms with E-state index in [4.69, 9.17) is 0 Å². The Balaban J connectivity index is 1.79. The van der Waals surface area contributed by atoms with Gasteiger partial charge in [0, 0.05) is 31.8 Å². The summed E-state index contributed by atoms with van der Waals surface area (Å²) in [7, 11) is 1.70. The highest BCUT2D eigenvalue weighted by Gasteiger charge is 2.43. The Labute approximate surface area is 205 Å². The normalized spacial score (nSPS) is 12.4. The van der Waals surface area contributed by atoms with Crippen LogP contribution in [0.2, 0.25) is 0 Å². The van der Waals surface area contributed by atoms with Crippen molar-refractivity contribution in [2.45, 2.75) is 32.0 Å². The van der Waals surface area contributed by atoms with Crippen LogP contribution < -0.4 is 10.6 Å². The van der Waals surface area contributed by atoms with Crippen molar-refractivity contribution in [3.05, 3.63) is 89.5 Å². The zero-order valence-corrected chi connectivity index (χ0v) is 19.6. The first kappa shape index (κ1) is 24.9. The Morgan fingerprint density at radius 3 is 2.42 bits per heavy atom. The molecule has 2 amide bonds. The summed E-state index contributed by atoms with van der Waals surface area (Å²) in [5.74, 6) is -0.654. The van der Waals surface area contributed by atoms with Crippen LogP contribution in [0.25, 0.3) is 11.0 Å². The van der Waals surface area contributed by atoms with Gasteiger partial charge in [-0.05, 0) is 29.8 Å².